The van der Waals surface area contributed by atoms with Crippen LogP contribution in [0.25, 0.3) is 0 Å². The summed E-state index contributed by atoms with van der Waals surface area (Å²) < 4.78 is 27.1. The summed E-state index contributed by atoms with van der Waals surface area (Å²) in [5.74, 6) is -0.275. The minimum Gasteiger partial charge on any atom is -0.302 e. The number of amides is 1. The van der Waals surface area contributed by atoms with Gasteiger partial charge in [-0.2, -0.15) is 0 Å². The third-order valence-corrected chi connectivity index (χ3v) is 5.59. The van der Waals surface area contributed by atoms with E-state index in [2.05, 4.69) is 15.0 Å². The molecule has 0 aliphatic carbocycles. The van der Waals surface area contributed by atoms with Crippen molar-refractivity contribution >= 4 is 32.4 Å². The lowest BCUT2D eigenvalue weighted by Gasteiger charge is -2.17. The van der Waals surface area contributed by atoms with E-state index < -0.39 is 10.0 Å². The Balaban J connectivity index is 2.82. The van der Waals surface area contributed by atoms with Crippen LogP contribution in [0.3, 0.4) is 0 Å². The van der Waals surface area contributed by atoms with E-state index >= 15 is 0 Å². The molecule has 0 fully saturated rings. The van der Waals surface area contributed by atoms with Gasteiger partial charge in [0.1, 0.15) is 0 Å². The fraction of sp³-hybridized carbons (Fsp3) is 0.667. The fourth-order valence-corrected chi connectivity index (χ4v) is 4.00. The van der Waals surface area contributed by atoms with Gasteiger partial charge in [-0.25, -0.2) is 18.1 Å². The summed E-state index contributed by atoms with van der Waals surface area (Å²) in [5.41, 5.74) is 0.453. The summed E-state index contributed by atoms with van der Waals surface area (Å²) in [6.07, 6.45) is 0.739. The monoisotopic (exact) mass is 319 g/mol. The van der Waals surface area contributed by atoms with Gasteiger partial charge in [-0.15, -0.1) is 0 Å². The zero-order chi connectivity index (χ0) is 15.6. The van der Waals surface area contributed by atoms with Crippen LogP contribution in [0, 0.1) is 12.3 Å². The molecule has 0 radical (unpaired) electrons. The molecule has 114 valence electrons. The molecule has 0 atom stereocenters. The van der Waals surface area contributed by atoms with E-state index in [0.29, 0.717) is 17.4 Å². The molecule has 1 heterocycles. The molecule has 0 spiro atoms. The number of carbonyl (C=O) groups is 1. The smallest absolute Gasteiger partial charge is 0.252 e. The summed E-state index contributed by atoms with van der Waals surface area (Å²) in [6.45, 7) is 9.49. The van der Waals surface area contributed by atoms with Crippen molar-refractivity contribution in [2.75, 3.05) is 11.9 Å². The van der Waals surface area contributed by atoms with Crippen molar-refractivity contribution in [2.24, 2.45) is 5.41 Å². The number of nitrogens with one attached hydrogen (secondary N) is 2. The number of rotatable bonds is 5. The lowest BCUT2D eigenvalue weighted by atomic mass is 9.93. The maximum Gasteiger partial charge on any atom is 0.252 e. The summed E-state index contributed by atoms with van der Waals surface area (Å²) in [7, 11) is -3.57. The zero-order valence-corrected chi connectivity index (χ0v) is 14.0. The summed E-state index contributed by atoms with van der Waals surface area (Å²) >= 11 is 0.959. The highest BCUT2D eigenvalue weighted by Gasteiger charge is 2.22. The van der Waals surface area contributed by atoms with Crippen LogP contribution in [0.4, 0.5) is 5.13 Å². The predicted octanol–water partition coefficient (Wildman–Crippen LogP) is 2.12. The first-order chi connectivity index (χ1) is 9.01. The van der Waals surface area contributed by atoms with Crippen molar-refractivity contribution in [3.8, 4) is 0 Å². The first kappa shape index (κ1) is 17.1. The number of hydrogen-bond acceptors (Lipinski definition) is 5. The molecule has 1 aromatic rings. The van der Waals surface area contributed by atoms with Crippen molar-refractivity contribution in [3.63, 3.8) is 0 Å². The highest BCUT2D eigenvalue weighted by Crippen LogP contribution is 2.27. The van der Waals surface area contributed by atoms with Gasteiger partial charge in [0.2, 0.25) is 5.91 Å². The lowest BCUT2D eigenvalue weighted by molar-refractivity contribution is -0.114. The topological polar surface area (TPSA) is 88.2 Å². The number of aryl methyl sites for hydroxylation is 1. The Morgan fingerprint density at radius 1 is 1.35 bits per heavy atom. The van der Waals surface area contributed by atoms with Crippen LogP contribution in [0.5, 0.6) is 0 Å². The number of hydrogen-bond donors (Lipinski definition) is 2. The molecule has 1 rings (SSSR count). The predicted molar refractivity (Wildman–Crippen MR) is 80.4 cm³/mol. The third kappa shape index (κ3) is 5.18. The Labute approximate surface area is 124 Å². The van der Waals surface area contributed by atoms with Gasteiger partial charge in [-0.3, -0.25) is 4.79 Å². The van der Waals surface area contributed by atoms with Gasteiger partial charge in [-0.1, -0.05) is 32.1 Å². The molecule has 0 aromatic carbocycles. The minimum absolute atomic E-state index is 0.0621. The average Bonchev–Trinajstić information content (AvgIpc) is 2.56. The summed E-state index contributed by atoms with van der Waals surface area (Å²) in [6, 6.07) is 0. The van der Waals surface area contributed by atoms with Crippen molar-refractivity contribution in [1.82, 2.24) is 9.71 Å². The number of carbonyl (C=O) groups excluding carboxylic acids is 1. The number of thiazole rings is 1. The minimum atomic E-state index is -3.57. The number of sulfonamides is 1. The van der Waals surface area contributed by atoms with Crippen LogP contribution >= 0.6 is 11.3 Å². The molecule has 1 aromatic heterocycles. The molecule has 20 heavy (non-hydrogen) atoms. The van der Waals surface area contributed by atoms with Crippen LogP contribution in [0.1, 0.15) is 39.8 Å². The average molecular weight is 319 g/mol. The van der Waals surface area contributed by atoms with E-state index in [1.807, 2.05) is 20.8 Å². The van der Waals surface area contributed by atoms with Crippen LogP contribution in [-0.4, -0.2) is 25.9 Å². The maximum atomic E-state index is 12.2. The fourth-order valence-electron chi connectivity index (χ4n) is 1.46. The summed E-state index contributed by atoms with van der Waals surface area (Å²) in [5, 5.41) is 2.79. The molecule has 6 nitrogen and oxygen atoms in total. The van der Waals surface area contributed by atoms with E-state index in [9.17, 15) is 13.2 Å². The van der Waals surface area contributed by atoms with Gasteiger partial charge in [0.15, 0.2) is 9.34 Å². The molecule has 0 aliphatic heterocycles. The number of anilines is 1. The molecule has 0 saturated carbocycles. The third-order valence-electron chi connectivity index (χ3n) is 2.45. The molecule has 0 aliphatic rings. The molecule has 2 N–H and O–H groups in total. The normalized spacial score (nSPS) is 12.4. The lowest BCUT2D eigenvalue weighted by Crippen LogP contribution is -2.27. The first-order valence-electron chi connectivity index (χ1n) is 6.26. The van der Waals surface area contributed by atoms with Crippen LogP contribution in [-0.2, 0) is 14.8 Å². The van der Waals surface area contributed by atoms with Crippen molar-refractivity contribution in [2.45, 2.75) is 45.2 Å². The standard InChI is InChI=1S/C12H21N3O3S2/c1-8-10(19-11(14-8)15-9(2)16)20(17,18)13-7-6-12(3,4)5/h13H,6-7H2,1-5H3,(H,14,15,16). The van der Waals surface area contributed by atoms with E-state index in [1.165, 1.54) is 6.92 Å². The van der Waals surface area contributed by atoms with Crippen molar-refractivity contribution < 1.29 is 13.2 Å². The number of nitrogens with zero attached hydrogens (tertiary/aromatic N) is 1. The quantitative estimate of drug-likeness (QED) is 0.870. The first-order valence-corrected chi connectivity index (χ1v) is 8.56. The van der Waals surface area contributed by atoms with E-state index in [1.54, 1.807) is 6.92 Å². The molecule has 0 bridgehead atoms. The van der Waals surface area contributed by atoms with Gasteiger partial charge in [0, 0.05) is 13.5 Å². The Kier molecular flexibility index (Phi) is 5.28. The highest BCUT2D eigenvalue weighted by molar-refractivity contribution is 7.91. The van der Waals surface area contributed by atoms with Crippen molar-refractivity contribution in [3.05, 3.63) is 5.69 Å². The maximum absolute atomic E-state index is 12.2. The highest BCUT2D eigenvalue weighted by atomic mass is 32.2. The van der Waals surface area contributed by atoms with Crippen molar-refractivity contribution in [1.29, 1.82) is 0 Å². The van der Waals surface area contributed by atoms with Gasteiger partial charge < -0.3 is 5.32 Å². The van der Waals surface area contributed by atoms with Gasteiger partial charge >= 0.3 is 0 Å². The van der Waals surface area contributed by atoms with Gasteiger partial charge in [0.05, 0.1) is 5.69 Å². The molecular weight excluding hydrogens is 298 g/mol. The molecular formula is C12H21N3O3S2. The molecule has 1 amide bonds. The zero-order valence-electron chi connectivity index (χ0n) is 12.4. The molecule has 0 unspecified atom stereocenters. The molecule has 0 saturated heterocycles. The van der Waals surface area contributed by atoms with Crippen LogP contribution in [0.15, 0.2) is 4.21 Å². The van der Waals surface area contributed by atoms with Crippen LogP contribution < -0.4 is 10.0 Å². The van der Waals surface area contributed by atoms with Crippen LogP contribution in [0.2, 0.25) is 0 Å². The van der Waals surface area contributed by atoms with E-state index in [4.69, 9.17) is 0 Å². The van der Waals surface area contributed by atoms with Gasteiger partial charge in [0.25, 0.3) is 10.0 Å². The second-order valence-electron chi connectivity index (χ2n) is 5.78. The Bertz CT molecular complexity index is 586. The SMILES string of the molecule is CC(=O)Nc1nc(C)c(S(=O)(=O)NCCC(C)(C)C)s1. The van der Waals surface area contributed by atoms with E-state index in [-0.39, 0.29) is 15.5 Å². The molecule has 8 heteroatoms. The Morgan fingerprint density at radius 2 is 1.95 bits per heavy atom. The second-order valence-corrected chi connectivity index (χ2v) is 8.74. The number of aromatic nitrogens is 1. The van der Waals surface area contributed by atoms with E-state index in [0.717, 1.165) is 17.8 Å². The largest absolute Gasteiger partial charge is 0.302 e. The summed E-state index contributed by atoms with van der Waals surface area (Å²) in [4.78, 5) is 15.0. The Hall–Kier alpha value is -0.990. The van der Waals surface area contributed by atoms with Gasteiger partial charge in [-0.05, 0) is 18.8 Å². The Morgan fingerprint density at radius 3 is 2.45 bits per heavy atom. The second kappa shape index (κ2) is 6.19.